The molecule has 182 valence electrons. The molecule has 0 bridgehead atoms. The normalized spacial score (nSPS) is 16.0. The summed E-state index contributed by atoms with van der Waals surface area (Å²) in [5.41, 5.74) is 8.41. The summed E-state index contributed by atoms with van der Waals surface area (Å²) in [5.74, 6) is 0.238. The number of pyridine rings is 1. The topological polar surface area (TPSA) is 133 Å². The molecule has 0 unspecified atom stereocenters. The first-order chi connectivity index (χ1) is 17.0. The van der Waals surface area contributed by atoms with Gasteiger partial charge < -0.3 is 25.8 Å². The van der Waals surface area contributed by atoms with Crippen molar-refractivity contribution in [3.8, 4) is 17.0 Å². The fraction of sp³-hybridized carbons (Fsp3) is 0.360. The number of para-hydroxylation sites is 1. The number of anilines is 3. The molecule has 1 aromatic carbocycles. The number of nitrogens with one attached hydrogen (secondary N) is 2. The lowest BCUT2D eigenvalue weighted by Gasteiger charge is -2.22. The zero-order valence-electron chi connectivity index (χ0n) is 19.5. The van der Waals surface area contributed by atoms with E-state index in [1.54, 1.807) is 13.2 Å². The van der Waals surface area contributed by atoms with Crippen molar-refractivity contribution < 1.29 is 19.1 Å². The molecule has 2 fully saturated rings. The van der Waals surface area contributed by atoms with Crippen LogP contribution in [0.25, 0.3) is 11.3 Å². The Morgan fingerprint density at radius 1 is 1.14 bits per heavy atom. The Hall–Kier alpha value is -3.92. The van der Waals surface area contributed by atoms with Crippen LogP contribution in [0, 0.1) is 5.92 Å². The summed E-state index contributed by atoms with van der Waals surface area (Å²) in [5, 5.41) is 10.8. The number of amides is 2. The van der Waals surface area contributed by atoms with Crippen LogP contribution in [-0.4, -0.2) is 46.9 Å². The third-order valence-corrected chi connectivity index (χ3v) is 6.31. The average molecular weight is 477 g/mol. The van der Waals surface area contributed by atoms with Crippen LogP contribution in [-0.2, 0) is 9.53 Å². The molecule has 35 heavy (non-hydrogen) atoms. The minimum atomic E-state index is -0.634. The zero-order valence-corrected chi connectivity index (χ0v) is 19.5. The molecular weight excluding hydrogens is 448 g/mol. The fourth-order valence-corrected chi connectivity index (χ4v) is 4.23. The average Bonchev–Trinajstić information content (AvgIpc) is 3.61. The molecule has 10 nitrogen and oxygen atoms in total. The van der Waals surface area contributed by atoms with Crippen molar-refractivity contribution in [3.63, 3.8) is 0 Å². The van der Waals surface area contributed by atoms with Crippen LogP contribution in [0.4, 0.5) is 17.2 Å². The van der Waals surface area contributed by atoms with Crippen molar-refractivity contribution in [2.45, 2.75) is 31.7 Å². The molecule has 1 aliphatic carbocycles. The molecular formula is C25H28N6O4. The molecule has 3 heterocycles. The first kappa shape index (κ1) is 22.9. The van der Waals surface area contributed by atoms with Crippen LogP contribution >= 0.6 is 0 Å². The minimum Gasteiger partial charge on any atom is -0.494 e. The lowest BCUT2D eigenvalue weighted by atomic mass is 10.1. The third-order valence-electron chi connectivity index (χ3n) is 6.31. The van der Waals surface area contributed by atoms with Crippen molar-refractivity contribution in [2.24, 2.45) is 11.7 Å². The van der Waals surface area contributed by atoms with E-state index in [-0.39, 0.29) is 17.4 Å². The van der Waals surface area contributed by atoms with Gasteiger partial charge in [0.05, 0.1) is 35.8 Å². The summed E-state index contributed by atoms with van der Waals surface area (Å²) in [6.07, 6.45) is 6.96. The van der Waals surface area contributed by atoms with Gasteiger partial charge in [0.25, 0.3) is 5.91 Å². The predicted octanol–water partition coefficient (Wildman–Crippen LogP) is 3.50. The van der Waals surface area contributed by atoms with Gasteiger partial charge in [0.2, 0.25) is 5.91 Å². The van der Waals surface area contributed by atoms with Gasteiger partial charge in [0, 0.05) is 43.2 Å². The molecule has 1 aliphatic heterocycles. The predicted molar refractivity (Wildman–Crippen MR) is 131 cm³/mol. The van der Waals surface area contributed by atoms with Gasteiger partial charge >= 0.3 is 0 Å². The fourth-order valence-electron chi connectivity index (χ4n) is 4.23. The van der Waals surface area contributed by atoms with Crippen LogP contribution < -0.4 is 21.1 Å². The van der Waals surface area contributed by atoms with Crippen molar-refractivity contribution in [1.29, 1.82) is 0 Å². The first-order valence-corrected chi connectivity index (χ1v) is 11.7. The monoisotopic (exact) mass is 476 g/mol. The number of primary amides is 1. The molecule has 4 N–H and O–H groups in total. The number of nitrogens with two attached hydrogens (primary N) is 1. The summed E-state index contributed by atoms with van der Waals surface area (Å²) >= 11 is 0. The minimum absolute atomic E-state index is 0.0294. The Labute approximate surface area is 202 Å². The van der Waals surface area contributed by atoms with Gasteiger partial charge in [0.15, 0.2) is 5.75 Å². The lowest BCUT2D eigenvalue weighted by Crippen LogP contribution is -2.19. The number of nitrogens with zero attached hydrogens (tertiary/aromatic N) is 3. The third kappa shape index (κ3) is 4.97. The van der Waals surface area contributed by atoms with E-state index in [0.717, 1.165) is 50.2 Å². The Kier molecular flexibility index (Phi) is 6.37. The summed E-state index contributed by atoms with van der Waals surface area (Å²) < 4.78 is 13.2. The second-order valence-electron chi connectivity index (χ2n) is 8.78. The van der Waals surface area contributed by atoms with E-state index in [1.165, 1.54) is 6.20 Å². The highest BCUT2D eigenvalue weighted by Gasteiger charge is 2.30. The smallest absolute Gasteiger partial charge is 0.252 e. The number of benzene rings is 1. The summed E-state index contributed by atoms with van der Waals surface area (Å²) in [6, 6.07) is 9.53. The van der Waals surface area contributed by atoms with Crippen LogP contribution in [0.1, 0.15) is 42.1 Å². The Morgan fingerprint density at radius 3 is 2.66 bits per heavy atom. The van der Waals surface area contributed by atoms with Crippen LogP contribution in [0.5, 0.6) is 5.75 Å². The molecule has 0 radical (unpaired) electrons. The van der Waals surface area contributed by atoms with E-state index in [9.17, 15) is 9.59 Å². The second kappa shape index (κ2) is 9.75. The standard InChI is InChI=1S/C25H28N6O4/c1-34-23-17(19-7-10-31(30-19)16-8-11-35-12-9-16)3-2-4-20(23)28-21-13-22(27-14-18(21)24(26)32)29-25(33)15-5-6-15/h2-4,7,10,13-16H,5-6,8-9,11-12H2,1H3,(H2,26,32)(H2,27,28,29,33). The number of hydrogen-bond acceptors (Lipinski definition) is 7. The van der Waals surface area contributed by atoms with Crippen molar-refractivity contribution in [1.82, 2.24) is 14.8 Å². The Balaban J connectivity index is 1.45. The quantitative estimate of drug-likeness (QED) is 0.453. The molecule has 1 saturated heterocycles. The molecule has 5 rings (SSSR count). The maximum Gasteiger partial charge on any atom is 0.252 e. The summed E-state index contributed by atoms with van der Waals surface area (Å²) in [4.78, 5) is 28.4. The van der Waals surface area contributed by atoms with E-state index < -0.39 is 5.91 Å². The number of ether oxygens (including phenoxy) is 2. The molecule has 2 aliphatic rings. The molecule has 0 spiro atoms. The van der Waals surface area contributed by atoms with Gasteiger partial charge in [-0.15, -0.1) is 0 Å². The maximum atomic E-state index is 12.2. The largest absolute Gasteiger partial charge is 0.494 e. The number of carbonyl (C=O) groups is 2. The van der Waals surface area contributed by atoms with Gasteiger partial charge in [-0.1, -0.05) is 6.07 Å². The van der Waals surface area contributed by atoms with Crippen molar-refractivity contribution >= 4 is 29.0 Å². The number of aromatic nitrogens is 3. The summed E-state index contributed by atoms with van der Waals surface area (Å²) in [7, 11) is 1.59. The highest BCUT2D eigenvalue weighted by molar-refractivity contribution is 6.01. The van der Waals surface area contributed by atoms with Gasteiger partial charge in [-0.3, -0.25) is 14.3 Å². The van der Waals surface area contributed by atoms with E-state index >= 15 is 0 Å². The molecule has 1 saturated carbocycles. The zero-order chi connectivity index (χ0) is 24.4. The van der Waals surface area contributed by atoms with Crippen LogP contribution in [0.15, 0.2) is 42.7 Å². The molecule has 3 aromatic rings. The van der Waals surface area contributed by atoms with Crippen molar-refractivity contribution in [3.05, 3.63) is 48.3 Å². The second-order valence-corrected chi connectivity index (χ2v) is 8.78. The number of carbonyl (C=O) groups excluding carboxylic acids is 2. The van der Waals surface area contributed by atoms with Crippen LogP contribution in [0.3, 0.4) is 0 Å². The van der Waals surface area contributed by atoms with Gasteiger partial charge in [-0.25, -0.2) is 4.98 Å². The molecule has 10 heteroatoms. The molecule has 2 aromatic heterocycles. The Bertz CT molecular complexity index is 1250. The van der Waals surface area contributed by atoms with Gasteiger partial charge in [0.1, 0.15) is 5.82 Å². The SMILES string of the molecule is COc1c(Nc2cc(NC(=O)C3CC3)ncc2C(N)=O)cccc1-c1ccn(C2CCOCC2)n1. The van der Waals surface area contributed by atoms with E-state index in [2.05, 4.69) is 15.6 Å². The number of rotatable bonds is 8. The van der Waals surface area contributed by atoms with Crippen molar-refractivity contribution in [2.75, 3.05) is 31.0 Å². The van der Waals surface area contributed by atoms with E-state index in [4.69, 9.17) is 20.3 Å². The van der Waals surface area contributed by atoms with Gasteiger partial charge in [-0.2, -0.15) is 5.10 Å². The molecule has 0 atom stereocenters. The maximum absolute atomic E-state index is 12.2. The van der Waals surface area contributed by atoms with E-state index in [0.29, 0.717) is 29.0 Å². The lowest BCUT2D eigenvalue weighted by molar-refractivity contribution is -0.117. The van der Waals surface area contributed by atoms with Gasteiger partial charge in [-0.05, 0) is 43.9 Å². The van der Waals surface area contributed by atoms with Crippen LogP contribution in [0.2, 0.25) is 0 Å². The molecule has 2 amide bonds. The van der Waals surface area contributed by atoms with E-state index in [1.807, 2.05) is 35.1 Å². The highest BCUT2D eigenvalue weighted by Crippen LogP contribution is 2.38. The highest BCUT2D eigenvalue weighted by atomic mass is 16.5. The first-order valence-electron chi connectivity index (χ1n) is 11.7. The summed E-state index contributed by atoms with van der Waals surface area (Å²) in [6.45, 7) is 1.47. The number of methoxy groups -OCH3 is 1. The number of hydrogen-bond donors (Lipinski definition) is 3. The Morgan fingerprint density at radius 2 is 1.94 bits per heavy atom.